The van der Waals surface area contributed by atoms with Gasteiger partial charge in [-0.05, 0) is 12.2 Å². The van der Waals surface area contributed by atoms with Crippen molar-refractivity contribution < 1.29 is 0 Å². The van der Waals surface area contributed by atoms with E-state index in [1.54, 1.807) is 17.5 Å². The van der Waals surface area contributed by atoms with Crippen LogP contribution in [-0.4, -0.2) is 32.3 Å². The largest absolute Gasteiger partial charge is 0.365 e. The van der Waals surface area contributed by atoms with Gasteiger partial charge in [0.15, 0.2) is 0 Å². The molecule has 1 aliphatic rings. The lowest BCUT2D eigenvalue weighted by molar-refractivity contribution is 0.793. The van der Waals surface area contributed by atoms with Crippen LogP contribution in [0.2, 0.25) is 0 Å². The van der Waals surface area contributed by atoms with Crippen LogP contribution in [0.4, 0.5) is 5.82 Å². The first kappa shape index (κ1) is 10.2. The van der Waals surface area contributed by atoms with Crippen LogP contribution in [0, 0.1) is 0 Å². The minimum atomic E-state index is 0.574. The summed E-state index contributed by atoms with van der Waals surface area (Å²) in [5, 5.41) is 10.8. The fourth-order valence-electron chi connectivity index (χ4n) is 1.69. The summed E-state index contributed by atoms with van der Waals surface area (Å²) in [6, 6.07) is 2.58. The summed E-state index contributed by atoms with van der Waals surface area (Å²) >= 11 is 3.59. The maximum Gasteiger partial charge on any atom is 0.210 e. The van der Waals surface area contributed by atoms with Crippen LogP contribution in [0.25, 0.3) is 5.13 Å². The fraction of sp³-hybridized carbons (Fsp3) is 0.400. The van der Waals surface area contributed by atoms with Crippen molar-refractivity contribution in [1.29, 1.82) is 0 Å². The minimum absolute atomic E-state index is 0.574. The molecule has 84 valence electrons. The molecular formula is C10H12N4S2. The zero-order valence-electron chi connectivity index (χ0n) is 8.67. The van der Waals surface area contributed by atoms with Crippen LogP contribution in [0.3, 0.4) is 0 Å². The Morgan fingerprint density at radius 1 is 1.50 bits per heavy atom. The van der Waals surface area contributed by atoms with Gasteiger partial charge in [0, 0.05) is 35.6 Å². The Hall–Kier alpha value is -1.01. The first-order valence-corrected chi connectivity index (χ1v) is 7.25. The second-order valence-corrected chi connectivity index (χ2v) is 5.69. The molecule has 4 nitrogen and oxygen atoms in total. The lowest BCUT2D eigenvalue weighted by atomic mass is 10.3. The highest BCUT2D eigenvalue weighted by atomic mass is 32.2. The van der Waals surface area contributed by atoms with Crippen LogP contribution >= 0.6 is 23.1 Å². The van der Waals surface area contributed by atoms with Crippen LogP contribution < -0.4 is 5.32 Å². The predicted octanol–water partition coefficient (Wildman–Crippen LogP) is 2.25. The molecule has 2 aromatic heterocycles. The van der Waals surface area contributed by atoms with Crippen molar-refractivity contribution in [2.24, 2.45) is 0 Å². The van der Waals surface area contributed by atoms with E-state index in [0.717, 1.165) is 10.9 Å². The van der Waals surface area contributed by atoms with Crippen LogP contribution in [0.15, 0.2) is 23.8 Å². The number of hydrogen-bond donors (Lipinski definition) is 1. The van der Waals surface area contributed by atoms with Gasteiger partial charge in [-0.3, -0.25) is 0 Å². The van der Waals surface area contributed by atoms with E-state index >= 15 is 0 Å². The molecule has 1 N–H and O–H groups in total. The van der Waals surface area contributed by atoms with E-state index in [9.17, 15) is 0 Å². The molecule has 0 radical (unpaired) electrons. The summed E-state index contributed by atoms with van der Waals surface area (Å²) in [5.74, 6) is 3.39. The number of aromatic nitrogens is 3. The van der Waals surface area contributed by atoms with Crippen molar-refractivity contribution >= 4 is 28.9 Å². The first-order valence-electron chi connectivity index (χ1n) is 5.21. The van der Waals surface area contributed by atoms with Crippen molar-refractivity contribution in [1.82, 2.24) is 14.8 Å². The molecule has 0 aromatic carbocycles. The lowest BCUT2D eigenvalue weighted by Gasteiger charge is -2.08. The second-order valence-electron chi connectivity index (χ2n) is 3.67. The number of thioether (sulfide) groups is 1. The van der Waals surface area contributed by atoms with E-state index in [-0.39, 0.29) is 0 Å². The Morgan fingerprint density at radius 3 is 3.25 bits per heavy atom. The highest BCUT2D eigenvalue weighted by Crippen LogP contribution is 2.21. The van der Waals surface area contributed by atoms with E-state index in [1.165, 1.54) is 17.9 Å². The van der Waals surface area contributed by atoms with Gasteiger partial charge in [0.2, 0.25) is 5.13 Å². The molecule has 3 rings (SSSR count). The number of nitrogens with one attached hydrogen (secondary N) is 1. The average Bonchev–Trinajstić information content (AvgIpc) is 2.99. The van der Waals surface area contributed by atoms with Gasteiger partial charge < -0.3 is 5.32 Å². The maximum absolute atomic E-state index is 4.46. The standard InChI is InChI=1S/C10H12N4S2/c1-4-14(10-11-3-6-16-10)13-9(1)12-8-2-5-15-7-8/h1,3-4,6,8H,2,5,7H2,(H,12,13). The Morgan fingerprint density at radius 2 is 2.50 bits per heavy atom. The highest BCUT2D eigenvalue weighted by molar-refractivity contribution is 7.99. The molecule has 3 heterocycles. The van der Waals surface area contributed by atoms with Crippen molar-refractivity contribution in [2.45, 2.75) is 12.5 Å². The van der Waals surface area contributed by atoms with Gasteiger partial charge in [-0.2, -0.15) is 11.8 Å². The SMILES string of the molecule is c1csc(-n2ccc(NC3CCSC3)n2)n1. The van der Waals surface area contributed by atoms with Gasteiger partial charge in [0.05, 0.1) is 0 Å². The summed E-state index contributed by atoms with van der Waals surface area (Å²) in [5.41, 5.74) is 0. The second kappa shape index (κ2) is 4.47. The molecule has 1 saturated heterocycles. The van der Waals surface area contributed by atoms with Crippen LogP contribution in [-0.2, 0) is 0 Å². The predicted molar refractivity (Wildman–Crippen MR) is 68.6 cm³/mol. The third-order valence-corrected chi connectivity index (χ3v) is 4.41. The molecule has 1 atom stereocenters. The zero-order valence-corrected chi connectivity index (χ0v) is 10.3. The normalized spacial score (nSPS) is 20.1. The molecule has 0 amide bonds. The maximum atomic E-state index is 4.46. The van der Waals surface area contributed by atoms with Crippen LogP contribution in [0.1, 0.15) is 6.42 Å². The Balaban J connectivity index is 1.72. The summed E-state index contributed by atoms with van der Waals surface area (Å²) in [6.45, 7) is 0. The molecule has 0 bridgehead atoms. The molecule has 16 heavy (non-hydrogen) atoms. The molecule has 1 fully saturated rings. The molecular weight excluding hydrogens is 240 g/mol. The molecule has 0 saturated carbocycles. The van der Waals surface area contributed by atoms with Gasteiger partial charge in [-0.25, -0.2) is 9.67 Å². The van der Waals surface area contributed by atoms with Crippen molar-refractivity contribution in [2.75, 3.05) is 16.8 Å². The Kier molecular flexibility index (Phi) is 2.84. The molecule has 6 heteroatoms. The number of anilines is 1. The molecule has 0 spiro atoms. The number of rotatable bonds is 3. The van der Waals surface area contributed by atoms with Gasteiger partial charge in [-0.15, -0.1) is 16.4 Å². The molecule has 1 unspecified atom stereocenters. The third-order valence-electron chi connectivity index (χ3n) is 2.49. The lowest BCUT2D eigenvalue weighted by Crippen LogP contribution is -2.18. The van der Waals surface area contributed by atoms with Gasteiger partial charge in [0.1, 0.15) is 5.82 Å². The van der Waals surface area contributed by atoms with E-state index in [0.29, 0.717) is 6.04 Å². The number of thiazole rings is 1. The number of hydrogen-bond acceptors (Lipinski definition) is 5. The van der Waals surface area contributed by atoms with Gasteiger partial charge in [-0.1, -0.05) is 0 Å². The smallest absolute Gasteiger partial charge is 0.210 e. The van der Waals surface area contributed by atoms with Crippen molar-refractivity contribution in [3.05, 3.63) is 23.8 Å². The van der Waals surface area contributed by atoms with E-state index in [4.69, 9.17) is 0 Å². The van der Waals surface area contributed by atoms with E-state index < -0.39 is 0 Å². The summed E-state index contributed by atoms with van der Waals surface area (Å²) < 4.78 is 1.81. The number of nitrogens with zero attached hydrogens (tertiary/aromatic N) is 3. The topological polar surface area (TPSA) is 42.7 Å². The molecule has 0 aliphatic carbocycles. The quantitative estimate of drug-likeness (QED) is 0.910. The first-order chi connectivity index (χ1) is 7.92. The van der Waals surface area contributed by atoms with Crippen LogP contribution in [0.5, 0.6) is 0 Å². The zero-order chi connectivity index (χ0) is 10.8. The van der Waals surface area contributed by atoms with Crippen molar-refractivity contribution in [3.8, 4) is 5.13 Å². The van der Waals surface area contributed by atoms with Gasteiger partial charge >= 0.3 is 0 Å². The minimum Gasteiger partial charge on any atom is -0.365 e. The van der Waals surface area contributed by atoms with E-state index in [1.807, 2.05) is 34.1 Å². The van der Waals surface area contributed by atoms with Gasteiger partial charge in [0.25, 0.3) is 0 Å². The Bertz CT molecular complexity index is 445. The van der Waals surface area contributed by atoms with E-state index in [2.05, 4.69) is 15.4 Å². The fourth-order valence-corrected chi connectivity index (χ4v) is 3.42. The Labute approximate surface area is 102 Å². The molecule has 1 aliphatic heterocycles. The highest BCUT2D eigenvalue weighted by Gasteiger charge is 2.16. The summed E-state index contributed by atoms with van der Waals surface area (Å²) in [4.78, 5) is 4.22. The molecule has 2 aromatic rings. The van der Waals surface area contributed by atoms with Crippen molar-refractivity contribution in [3.63, 3.8) is 0 Å². The third kappa shape index (κ3) is 2.08. The summed E-state index contributed by atoms with van der Waals surface area (Å²) in [7, 11) is 0. The monoisotopic (exact) mass is 252 g/mol. The average molecular weight is 252 g/mol. The summed E-state index contributed by atoms with van der Waals surface area (Å²) in [6.07, 6.45) is 4.97.